The molecule has 0 unspecified atom stereocenters. The summed E-state index contributed by atoms with van der Waals surface area (Å²) in [5.74, 6) is 0.791. The smallest absolute Gasteiger partial charge is 0.261 e. The van der Waals surface area contributed by atoms with Crippen LogP contribution in [0, 0.1) is 0 Å². The molecule has 1 aliphatic rings. The first-order valence-corrected chi connectivity index (χ1v) is 8.27. The van der Waals surface area contributed by atoms with Gasteiger partial charge < -0.3 is 15.4 Å². The number of hydrogen-bond acceptors (Lipinski definition) is 6. The second kappa shape index (κ2) is 7.29. The quantitative estimate of drug-likeness (QED) is 0.798. The molecule has 2 heterocycles. The molecular formula is C17H25N5O2. The summed E-state index contributed by atoms with van der Waals surface area (Å²) in [5.41, 5.74) is 7.06. The van der Waals surface area contributed by atoms with Gasteiger partial charge in [-0.1, -0.05) is 0 Å². The molecule has 0 radical (unpaired) electrons. The molecule has 0 saturated carbocycles. The summed E-state index contributed by atoms with van der Waals surface area (Å²) in [5, 5.41) is 0.563. The predicted octanol–water partition coefficient (Wildman–Crippen LogP) is 0.373. The molecule has 0 amide bonds. The number of benzene rings is 1. The normalized spacial score (nSPS) is 16.8. The number of nitrogen functional groups attached to an aromatic ring is 1. The van der Waals surface area contributed by atoms with Crippen molar-refractivity contribution in [3.63, 3.8) is 0 Å². The van der Waals surface area contributed by atoms with Crippen LogP contribution in [0.25, 0.3) is 10.9 Å². The highest BCUT2D eigenvalue weighted by molar-refractivity contribution is 5.81. The number of piperazine rings is 1. The number of aromatic nitrogens is 2. The van der Waals surface area contributed by atoms with Gasteiger partial charge in [-0.2, -0.15) is 0 Å². The lowest BCUT2D eigenvalue weighted by Gasteiger charge is -2.32. The number of anilines is 1. The van der Waals surface area contributed by atoms with E-state index >= 15 is 0 Å². The molecule has 7 heteroatoms. The molecule has 1 aromatic heterocycles. The summed E-state index contributed by atoms with van der Waals surface area (Å²) in [7, 11) is 3.77. The maximum atomic E-state index is 12.9. The number of nitrogens with two attached hydrogens (primary N) is 1. The SMILES string of the molecule is COCCn1c(CN2CCN(C)CC2)nc2ccc(N)cc2c1=O. The molecule has 2 aromatic rings. The molecule has 1 aliphatic heterocycles. The van der Waals surface area contributed by atoms with Gasteiger partial charge in [0, 0.05) is 39.0 Å². The van der Waals surface area contributed by atoms with Crippen molar-refractivity contribution in [2.45, 2.75) is 13.1 Å². The highest BCUT2D eigenvalue weighted by atomic mass is 16.5. The molecule has 0 atom stereocenters. The number of rotatable bonds is 5. The third kappa shape index (κ3) is 3.58. The zero-order valence-electron chi connectivity index (χ0n) is 14.4. The van der Waals surface area contributed by atoms with Gasteiger partial charge in [0.1, 0.15) is 5.82 Å². The fourth-order valence-corrected chi connectivity index (χ4v) is 3.02. The molecule has 130 valence electrons. The van der Waals surface area contributed by atoms with Crippen LogP contribution in [0.3, 0.4) is 0 Å². The highest BCUT2D eigenvalue weighted by Gasteiger charge is 2.18. The number of nitrogens with zero attached hydrogens (tertiary/aromatic N) is 4. The molecule has 7 nitrogen and oxygen atoms in total. The fourth-order valence-electron chi connectivity index (χ4n) is 3.02. The summed E-state index contributed by atoms with van der Waals surface area (Å²) in [6, 6.07) is 5.31. The van der Waals surface area contributed by atoms with E-state index in [2.05, 4.69) is 16.8 Å². The lowest BCUT2D eigenvalue weighted by molar-refractivity contribution is 0.141. The van der Waals surface area contributed by atoms with Crippen molar-refractivity contribution < 1.29 is 4.74 Å². The fraction of sp³-hybridized carbons (Fsp3) is 0.529. The van der Waals surface area contributed by atoms with Gasteiger partial charge in [-0.05, 0) is 25.2 Å². The van der Waals surface area contributed by atoms with Crippen LogP contribution in [0.2, 0.25) is 0 Å². The van der Waals surface area contributed by atoms with Crippen molar-refractivity contribution in [1.29, 1.82) is 0 Å². The second-order valence-corrected chi connectivity index (χ2v) is 6.33. The van der Waals surface area contributed by atoms with Crippen LogP contribution in [0.15, 0.2) is 23.0 Å². The van der Waals surface area contributed by atoms with Crippen LogP contribution in [0.5, 0.6) is 0 Å². The Morgan fingerprint density at radius 3 is 2.71 bits per heavy atom. The van der Waals surface area contributed by atoms with Crippen molar-refractivity contribution >= 4 is 16.6 Å². The first-order valence-electron chi connectivity index (χ1n) is 8.27. The van der Waals surface area contributed by atoms with Gasteiger partial charge in [-0.25, -0.2) is 4.98 Å². The number of hydrogen-bond donors (Lipinski definition) is 1. The van der Waals surface area contributed by atoms with Gasteiger partial charge in [0.15, 0.2) is 0 Å². The van der Waals surface area contributed by atoms with E-state index in [1.54, 1.807) is 23.8 Å². The van der Waals surface area contributed by atoms with Crippen molar-refractivity contribution in [2.24, 2.45) is 0 Å². The van der Waals surface area contributed by atoms with Gasteiger partial charge >= 0.3 is 0 Å². The summed E-state index contributed by atoms with van der Waals surface area (Å²) in [6.07, 6.45) is 0. The Labute approximate surface area is 141 Å². The van der Waals surface area contributed by atoms with Gasteiger partial charge in [0.25, 0.3) is 5.56 Å². The Kier molecular flexibility index (Phi) is 5.13. The standard InChI is InChI=1S/C17H25N5O2/c1-20-5-7-21(8-6-20)12-16-19-15-4-3-13(18)11-14(15)17(23)22(16)9-10-24-2/h3-4,11H,5-10,12,18H2,1-2H3. The van der Waals surface area contributed by atoms with Gasteiger partial charge in [-0.15, -0.1) is 0 Å². The Morgan fingerprint density at radius 1 is 1.25 bits per heavy atom. The summed E-state index contributed by atoms with van der Waals surface area (Å²) in [6.45, 7) is 5.68. The maximum Gasteiger partial charge on any atom is 0.261 e. The maximum absolute atomic E-state index is 12.9. The van der Waals surface area contributed by atoms with Gasteiger partial charge in [0.05, 0.1) is 30.6 Å². The van der Waals surface area contributed by atoms with Crippen LogP contribution < -0.4 is 11.3 Å². The monoisotopic (exact) mass is 331 g/mol. The zero-order valence-corrected chi connectivity index (χ0v) is 14.4. The Hall–Kier alpha value is -1.96. The first-order chi connectivity index (χ1) is 11.6. The largest absolute Gasteiger partial charge is 0.399 e. The molecule has 1 saturated heterocycles. The van der Waals surface area contributed by atoms with E-state index in [-0.39, 0.29) is 5.56 Å². The first kappa shape index (κ1) is 16.9. The zero-order chi connectivity index (χ0) is 17.1. The van der Waals surface area contributed by atoms with Crippen LogP contribution in [0.1, 0.15) is 5.82 Å². The van der Waals surface area contributed by atoms with Crippen molar-refractivity contribution in [3.05, 3.63) is 34.4 Å². The molecule has 0 spiro atoms. The Balaban J connectivity index is 1.97. The van der Waals surface area contributed by atoms with E-state index in [4.69, 9.17) is 15.5 Å². The van der Waals surface area contributed by atoms with Crippen molar-refractivity contribution in [3.8, 4) is 0 Å². The molecule has 0 bridgehead atoms. The third-order valence-electron chi connectivity index (χ3n) is 4.54. The van der Waals surface area contributed by atoms with Crippen molar-refractivity contribution in [2.75, 3.05) is 52.7 Å². The molecule has 24 heavy (non-hydrogen) atoms. The topological polar surface area (TPSA) is 76.6 Å². The number of methoxy groups -OCH3 is 1. The molecule has 1 aromatic carbocycles. The molecule has 2 N–H and O–H groups in total. The summed E-state index contributed by atoms with van der Waals surface area (Å²) in [4.78, 5) is 22.3. The minimum atomic E-state index is -0.0477. The summed E-state index contributed by atoms with van der Waals surface area (Å²) >= 11 is 0. The molecule has 1 fully saturated rings. The average Bonchev–Trinajstić information content (AvgIpc) is 2.57. The lowest BCUT2D eigenvalue weighted by Crippen LogP contribution is -2.45. The van der Waals surface area contributed by atoms with Crippen LogP contribution >= 0.6 is 0 Å². The van der Waals surface area contributed by atoms with E-state index in [1.807, 2.05) is 6.07 Å². The minimum Gasteiger partial charge on any atom is -0.399 e. The van der Waals surface area contributed by atoms with Gasteiger partial charge in [0.2, 0.25) is 0 Å². The van der Waals surface area contributed by atoms with E-state index in [9.17, 15) is 4.79 Å². The molecule has 3 rings (SSSR count). The van der Waals surface area contributed by atoms with E-state index < -0.39 is 0 Å². The van der Waals surface area contributed by atoms with Crippen LogP contribution in [0.4, 0.5) is 5.69 Å². The van der Waals surface area contributed by atoms with Crippen molar-refractivity contribution in [1.82, 2.24) is 19.4 Å². The van der Waals surface area contributed by atoms with E-state index in [1.165, 1.54) is 0 Å². The van der Waals surface area contributed by atoms with E-state index in [0.29, 0.717) is 36.3 Å². The second-order valence-electron chi connectivity index (χ2n) is 6.33. The average molecular weight is 331 g/mol. The number of ether oxygens (including phenoxy) is 1. The van der Waals surface area contributed by atoms with Gasteiger partial charge in [-0.3, -0.25) is 14.3 Å². The Bertz CT molecular complexity index is 765. The molecular weight excluding hydrogens is 306 g/mol. The van der Waals surface area contributed by atoms with Crippen LogP contribution in [-0.4, -0.2) is 66.3 Å². The Morgan fingerprint density at radius 2 is 2.00 bits per heavy atom. The summed E-state index contributed by atoms with van der Waals surface area (Å²) < 4.78 is 6.89. The molecule has 0 aliphatic carbocycles. The third-order valence-corrected chi connectivity index (χ3v) is 4.54. The predicted molar refractivity (Wildman–Crippen MR) is 95.1 cm³/mol. The lowest BCUT2D eigenvalue weighted by atomic mass is 10.2. The highest BCUT2D eigenvalue weighted by Crippen LogP contribution is 2.14. The number of likely N-dealkylation sites (N-methyl/N-ethyl adjacent to an activating group) is 1. The van der Waals surface area contributed by atoms with Crippen LogP contribution in [-0.2, 0) is 17.8 Å². The number of fused-ring (bicyclic) bond motifs is 1. The van der Waals surface area contributed by atoms with E-state index in [0.717, 1.165) is 32.0 Å². The minimum absolute atomic E-state index is 0.0477.